The Kier molecular flexibility index (Phi) is 53.3. The summed E-state index contributed by atoms with van der Waals surface area (Å²) in [6, 6.07) is -0.810. The number of carbonyl (C=O) groups excluding carboxylic acids is 2. The molecule has 1 saturated heterocycles. The largest absolute Gasteiger partial charge is 0.466 e. The number of nitrogens with one attached hydrogen (secondary N) is 1. The van der Waals surface area contributed by atoms with Crippen molar-refractivity contribution < 1.29 is 49.3 Å². The van der Waals surface area contributed by atoms with Gasteiger partial charge < -0.3 is 45.1 Å². The molecule has 1 fully saturated rings. The molecule has 1 rings (SSSR count). The summed E-state index contributed by atoms with van der Waals surface area (Å²) in [6.45, 7) is 4.29. The summed E-state index contributed by atoms with van der Waals surface area (Å²) in [5.41, 5.74) is 0. The zero-order valence-electron chi connectivity index (χ0n) is 50.4. The van der Waals surface area contributed by atoms with Crippen LogP contribution in [-0.2, 0) is 23.8 Å². The maximum atomic E-state index is 13.0. The van der Waals surface area contributed by atoms with Crippen LogP contribution in [0.15, 0.2) is 48.6 Å². The van der Waals surface area contributed by atoms with E-state index in [1.165, 1.54) is 212 Å². The summed E-state index contributed by atoms with van der Waals surface area (Å²) in [6.07, 6.45) is 62.4. The van der Waals surface area contributed by atoms with Crippen molar-refractivity contribution in [1.82, 2.24) is 5.32 Å². The lowest BCUT2D eigenvalue weighted by Gasteiger charge is -2.40. The fraction of sp³-hybridized carbons (Fsp3) is 0.851. The number of hydrogen-bond donors (Lipinski definition) is 6. The molecular weight excluding hydrogens is 979 g/mol. The molecule has 1 aliphatic rings. The maximum Gasteiger partial charge on any atom is 0.305 e. The van der Waals surface area contributed by atoms with Crippen molar-refractivity contribution in [2.45, 2.75) is 346 Å². The summed E-state index contributed by atoms with van der Waals surface area (Å²) in [5, 5.41) is 54.3. The third kappa shape index (κ3) is 45.3. The number of allylic oxidation sites excluding steroid dienone is 7. The van der Waals surface area contributed by atoms with Gasteiger partial charge in [0.15, 0.2) is 6.29 Å². The Hall–Kier alpha value is -2.38. The van der Waals surface area contributed by atoms with Gasteiger partial charge in [-0.1, -0.05) is 255 Å². The average molecular weight is 1100 g/mol. The molecule has 7 unspecified atom stereocenters. The lowest BCUT2D eigenvalue weighted by molar-refractivity contribution is -0.302. The van der Waals surface area contributed by atoms with E-state index in [2.05, 4.69) is 55.6 Å². The van der Waals surface area contributed by atoms with Crippen molar-refractivity contribution in [3.63, 3.8) is 0 Å². The highest BCUT2D eigenvalue weighted by molar-refractivity contribution is 5.76. The van der Waals surface area contributed by atoms with E-state index in [-0.39, 0.29) is 18.5 Å². The van der Waals surface area contributed by atoms with Crippen molar-refractivity contribution in [2.24, 2.45) is 0 Å². The van der Waals surface area contributed by atoms with Gasteiger partial charge >= 0.3 is 5.97 Å². The molecule has 0 radical (unpaired) electrons. The zero-order chi connectivity index (χ0) is 56.6. The van der Waals surface area contributed by atoms with Crippen LogP contribution in [0.1, 0.15) is 303 Å². The smallest absolute Gasteiger partial charge is 0.305 e. The molecule has 11 heteroatoms. The maximum absolute atomic E-state index is 13.0. The van der Waals surface area contributed by atoms with E-state index in [4.69, 9.17) is 14.2 Å². The number of carbonyl (C=O) groups is 2. The third-order valence-corrected chi connectivity index (χ3v) is 15.4. The summed E-state index contributed by atoms with van der Waals surface area (Å²) in [4.78, 5) is 25.0. The monoisotopic (exact) mass is 1100 g/mol. The Bertz CT molecular complexity index is 1430. The summed E-state index contributed by atoms with van der Waals surface area (Å²) >= 11 is 0. The topological polar surface area (TPSA) is 175 Å². The van der Waals surface area contributed by atoms with Gasteiger partial charge in [-0.05, 0) is 83.5 Å². The van der Waals surface area contributed by atoms with Crippen LogP contribution in [0, 0.1) is 0 Å². The van der Waals surface area contributed by atoms with Crippen LogP contribution in [0.25, 0.3) is 0 Å². The van der Waals surface area contributed by atoms with E-state index in [1.54, 1.807) is 6.08 Å². The fourth-order valence-electron chi connectivity index (χ4n) is 10.2. The molecule has 456 valence electrons. The summed E-state index contributed by atoms with van der Waals surface area (Å²) in [5.74, 6) is -0.192. The molecule has 1 heterocycles. The van der Waals surface area contributed by atoms with Crippen molar-refractivity contribution >= 4 is 11.9 Å². The van der Waals surface area contributed by atoms with Crippen LogP contribution >= 0.6 is 0 Å². The van der Waals surface area contributed by atoms with E-state index in [0.717, 1.165) is 64.2 Å². The Balaban J connectivity index is 1.98. The first-order valence-electron chi connectivity index (χ1n) is 32.9. The van der Waals surface area contributed by atoms with Gasteiger partial charge in [-0.15, -0.1) is 0 Å². The van der Waals surface area contributed by atoms with E-state index < -0.39 is 49.5 Å². The number of aliphatic hydroxyl groups is 5. The molecule has 0 saturated carbocycles. The second kappa shape index (κ2) is 56.5. The fourth-order valence-corrected chi connectivity index (χ4v) is 10.2. The van der Waals surface area contributed by atoms with Gasteiger partial charge in [-0.25, -0.2) is 0 Å². The summed E-state index contributed by atoms with van der Waals surface area (Å²) in [7, 11) is 0. The molecule has 1 aliphatic heterocycles. The van der Waals surface area contributed by atoms with Crippen LogP contribution in [0.3, 0.4) is 0 Å². The van der Waals surface area contributed by atoms with Crippen LogP contribution in [0.2, 0.25) is 0 Å². The number of aliphatic hydroxyl groups excluding tert-OH is 5. The molecule has 6 N–H and O–H groups in total. The highest BCUT2D eigenvalue weighted by Crippen LogP contribution is 2.23. The summed E-state index contributed by atoms with van der Waals surface area (Å²) < 4.78 is 16.7. The van der Waals surface area contributed by atoms with Gasteiger partial charge in [0, 0.05) is 12.8 Å². The third-order valence-electron chi connectivity index (χ3n) is 15.4. The minimum absolute atomic E-state index is 0.00817. The van der Waals surface area contributed by atoms with Crippen LogP contribution in [0.5, 0.6) is 0 Å². The minimum Gasteiger partial charge on any atom is -0.466 e. The van der Waals surface area contributed by atoms with Crippen LogP contribution in [0.4, 0.5) is 0 Å². The lowest BCUT2D eigenvalue weighted by atomic mass is 9.99. The highest BCUT2D eigenvalue weighted by Gasteiger charge is 2.44. The van der Waals surface area contributed by atoms with E-state index >= 15 is 0 Å². The van der Waals surface area contributed by atoms with E-state index in [9.17, 15) is 35.1 Å². The quantitative estimate of drug-likeness (QED) is 0.0195. The van der Waals surface area contributed by atoms with Crippen molar-refractivity contribution in [2.75, 3.05) is 19.8 Å². The predicted molar refractivity (Wildman–Crippen MR) is 324 cm³/mol. The van der Waals surface area contributed by atoms with Gasteiger partial charge in [0.25, 0.3) is 0 Å². The number of esters is 1. The number of hydrogen-bond acceptors (Lipinski definition) is 10. The van der Waals surface area contributed by atoms with Crippen LogP contribution in [-0.4, -0.2) is 100 Å². The zero-order valence-corrected chi connectivity index (χ0v) is 50.4. The molecule has 78 heavy (non-hydrogen) atoms. The molecule has 0 aromatic rings. The normalized spacial score (nSPS) is 18.8. The molecule has 7 atom stereocenters. The predicted octanol–water partition coefficient (Wildman–Crippen LogP) is 16.0. The molecule has 0 spiro atoms. The highest BCUT2D eigenvalue weighted by atomic mass is 16.7. The number of amides is 1. The Morgan fingerprint density at radius 3 is 1.35 bits per heavy atom. The van der Waals surface area contributed by atoms with Gasteiger partial charge in [0.1, 0.15) is 24.4 Å². The molecule has 1 amide bonds. The Morgan fingerprint density at radius 1 is 0.474 bits per heavy atom. The van der Waals surface area contributed by atoms with Crippen molar-refractivity contribution in [1.29, 1.82) is 0 Å². The first kappa shape index (κ1) is 73.6. The number of unbranched alkanes of at least 4 members (excludes halogenated alkanes) is 37. The lowest BCUT2D eigenvalue weighted by Crippen LogP contribution is -2.60. The molecule has 0 aromatic heterocycles. The van der Waals surface area contributed by atoms with Crippen molar-refractivity contribution in [3.05, 3.63) is 48.6 Å². The molecule has 0 aromatic carbocycles. The van der Waals surface area contributed by atoms with Crippen molar-refractivity contribution in [3.8, 4) is 0 Å². The first-order chi connectivity index (χ1) is 38.2. The standard InChI is InChI=1S/C67H123NO10/c1-3-5-7-9-11-13-34-39-43-47-51-55-63(72)76-56-52-48-44-40-36-33-31-29-27-25-23-21-19-17-15-16-18-20-22-24-26-28-30-32-35-38-42-46-50-54-62(71)68-59(58-77-67-66(75)65(74)64(73)61(57-69)78-67)60(70)53-49-45-41-37-14-12-10-8-6-4-2/h9,11,15,17,21,23,49,53,59-61,64-67,69-70,73-75H,3-8,10,12-14,16,18-20,22,24-48,50-52,54-58H2,1-2H3,(H,68,71)/b11-9-,17-15-,23-21-,53-49+. The second-order valence-corrected chi connectivity index (χ2v) is 22.8. The number of ether oxygens (including phenoxy) is 3. The molecule has 11 nitrogen and oxygen atoms in total. The first-order valence-corrected chi connectivity index (χ1v) is 32.9. The molecular formula is C67H123NO10. The van der Waals surface area contributed by atoms with Crippen LogP contribution < -0.4 is 5.32 Å². The Labute approximate surface area is 478 Å². The van der Waals surface area contributed by atoms with E-state index in [0.29, 0.717) is 19.4 Å². The van der Waals surface area contributed by atoms with Gasteiger partial charge in [-0.3, -0.25) is 9.59 Å². The molecule has 0 bridgehead atoms. The average Bonchev–Trinajstić information content (AvgIpc) is 3.44. The van der Waals surface area contributed by atoms with Gasteiger partial charge in [0.2, 0.25) is 5.91 Å². The molecule has 0 aliphatic carbocycles. The number of rotatable bonds is 57. The minimum atomic E-state index is -1.57. The van der Waals surface area contributed by atoms with E-state index in [1.807, 2.05) is 6.08 Å². The SMILES string of the molecule is CCCC/C=C\CCCCCCCC(=O)OCCCCCCCCCCC/C=C\C/C=C\CCCCCCCCCCCCCCCC(=O)NC(COC1OC(CO)C(O)C(O)C1O)C(O)/C=C/CCCCCCCCCC. The van der Waals surface area contributed by atoms with Gasteiger partial charge in [-0.2, -0.15) is 0 Å². The second-order valence-electron chi connectivity index (χ2n) is 22.8. The Morgan fingerprint density at radius 2 is 0.872 bits per heavy atom. The van der Waals surface area contributed by atoms with Gasteiger partial charge in [0.05, 0.1) is 32.0 Å².